The Balaban J connectivity index is 2.61. The Morgan fingerprint density at radius 3 is 2.55 bits per heavy atom. The Morgan fingerprint density at radius 1 is 1.36 bits per heavy atom. The first-order valence-corrected chi connectivity index (χ1v) is 7.72. The zero-order valence-corrected chi connectivity index (χ0v) is 13.0. The second-order valence-corrected chi connectivity index (χ2v) is 6.43. The zero-order valence-electron chi connectivity index (χ0n) is 12.2. The molecule has 22 heavy (non-hydrogen) atoms. The average molecular weight is 340 g/mol. The van der Waals surface area contributed by atoms with Crippen LogP contribution in [0.4, 0.5) is 19.0 Å². The molecule has 0 fully saturated rings. The normalized spacial score (nSPS) is 15.1. The number of aryl methyl sites for hydroxylation is 1. The van der Waals surface area contributed by atoms with Gasteiger partial charge in [-0.25, -0.2) is 4.98 Å². The quantitative estimate of drug-likeness (QED) is 0.614. The summed E-state index contributed by atoms with van der Waals surface area (Å²) in [6.45, 7) is 1.98. The van der Waals surface area contributed by atoms with Crippen molar-refractivity contribution in [2.24, 2.45) is 0 Å². The molecule has 0 radical (unpaired) electrons. The van der Waals surface area contributed by atoms with Crippen LogP contribution in [0, 0.1) is 6.92 Å². The first-order valence-electron chi connectivity index (χ1n) is 6.31. The third-order valence-corrected chi connectivity index (χ3v) is 4.31. The minimum absolute atomic E-state index is 0.0987. The summed E-state index contributed by atoms with van der Waals surface area (Å²) in [6.07, 6.45) is 0.346. The van der Waals surface area contributed by atoms with Crippen LogP contribution in [0.3, 0.4) is 0 Å². The van der Waals surface area contributed by atoms with Crippen molar-refractivity contribution in [2.75, 3.05) is 25.6 Å². The van der Waals surface area contributed by atoms with Gasteiger partial charge in [0.2, 0.25) is 0 Å². The molecular weight excluding hydrogens is 325 g/mol. The Labute approximate surface area is 126 Å². The zero-order chi connectivity index (χ0) is 16.7. The summed E-state index contributed by atoms with van der Waals surface area (Å²) >= 11 is 0. The van der Waals surface area contributed by atoms with Crippen LogP contribution >= 0.6 is 0 Å². The summed E-state index contributed by atoms with van der Waals surface area (Å²) < 4.78 is 69.8. The van der Waals surface area contributed by atoms with Crippen LogP contribution in [0.1, 0.15) is 16.8 Å². The smallest absolute Gasteiger partial charge is 0.380 e. The summed E-state index contributed by atoms with van der Waals surface area (Å²) in [6, 6.07) is 0. The molecule has 0 spiro atoms. The molecule has 0 atom stereocenters. The minimum atomic E-state index is -5.75. The van der Waals surface area contributed by atoms with Crippen molar-refractivity contribution >= 4 is 15.9 Å². The van der Waals surface area contributed by atoms with Crippen molar-refractivity contribution < 1.29 is 30.5 Å². The third-order valence-electron chi connectivity index (χ3n) is 3.35. The minimum Gasteiger partial charge on any atom is -0.380 e. The van der Waals surface area contributed by atoms with Gasteiger partial charge in [-0.1, -0.05) is 0 Å². The van der Waals surface area contributed by atoms with Gasteiger partial charge in [-0.15, -0.1) is 0 Å². The van der Waals surface area contributed by atoms with Gasteiger partial charge >= 0.3 is 15.6 Å². The fourth-order valence-electron chi connectivity index (χ4n) is 2.24. The molecule has 0 saturated carbocycles. The van der Waals surface area contributed by atoms with E-state index in [9.17, 15) is 21.6 Å². The molecule has 124 valence electrons. The number of methoxy groups -OCH3 is 1. The van der Waals surface area contributed by atoms with Gasteiger partial charge in [0.1, 0.15) is 5.82 Å². The van der Waals surface area contributed by atoms with Gasteiger partial charge in [0, 0.05) is 37.5 Å². The number of aromatic nitrogens is 1. The molecule has 0 saturated heterocycles. The van der Waals surface area contributed by atoms with E-state index in [0.29, 0.717) is 30.0 Å². The van der Waals surface area contributed by atoms with Gasteiger partial charge in [-0.2, -0.15) is 21.6 Å². The van der Waals surface area contributed by atoms with Gasteiger partial charge in [-0.05, 0) is 13.3 Å². The van der Waals surface area contributed by atoms with E-state index < -0.39 is 15.6 Å². The number of likely N-dealkylation sites (N-methyl/N-ethyl adjacent to an activating group) is 1. The molecule has 1 aliphatic rings. The summed E-state index contributed by atoms with van der Waals surface area (Å²) in [5, 5.41) is 0. The number of halogens is 3. The molecule has 0 amide bonds. The Kier molecular flexibility index (Phi) is 4.26. The van der Waals surface area contributed by atoms with Crippen molar-refractivity contribution in [3.8, 4) is 5.75 Å². The molecule has 10 heteroatoms. The maximum absolute atomic E-state index is 12.6. The van der Waals surface area contributed by atoms with E-state index in [1.165, 1.54) is 7.11 Å². The summed E-state index contributed by atoms with van der Waals surface area (Å²) in [4.78, 5) is 6.02. The van der Waals surface area contributed by atoms with Crippen molar-refractivity contribution in [3.63, 3.8) is 0 Å². The second kappa shape index (κ2) is 5.58. The molecule has 2 rings (SSSR count). The molecule has 0 bridgehead atoms. The Morgan fingerprint density at radius 2 is 2.00 bits per heavy atom. The van der Waals surface area contributed by atoms with Crippen LogP contribution in [0.5, 0.6) is 5.75 Å². The molecule has 1 aromatic rings. The van der Waals surface area contributed by atoms with Gasteiger partial charge < -0.3 is 13.8 Å². The highest BCUT2D eigenvalue weighted by molar-refractivity contribution is 7.88. The SMILES string of the molecule is COCc1c(C)nc2c(c1OS(=O)(=O)C(F)(F)F)CCN2C. The van der Waals surface area contributed by atoms with Crippen LogP contribution < -0.4 is 9.08 Å². The van der Waals surface area contributed by atoms with E-state index in [2.05, 4.69) is 9.17 Å². The number of alkyl halides is 3. The van der Waals surface area contributed by atoms with Crippen LogP contribution in [0.25, 0.3) is 0 Å². The van der Waals surface area contributed by atoms with Gasteiger partial charge in [0.05, 0.1) is 6.61 Å². The Bertz CT molecular complexity index is 689. The van der Waals surface area contributed by atoms with Crippen molar-refractivity contribution in [1.82, 2.24) is 4.98 Å². The molecule has 0 N–H and O–H groups in total. The molecule has 2 heterocycles. The van der Waals surface area contributed by atoms with Crippen molar-refractivity contribution in [2.45, 2.75) is 25.5 Å². The largest absolute Gasteiger partial charge is 0.534 e. The summed E-state index contributed by atoms with van der Waals surface area (Å²) in [7, 11) is -2.68. The lowest BCUT2D eigenvalue weighted by atomic mass is 10.1. The molecular formula is C12H15F3N2O4S. The molecule has 0 unspecified atom stereocenters. The van der Waals surface area contributed by atoms with Crippen molar-refractivity contribution in [1.29, 1.82) is 0 Å². The van der Waals surface area contributed by atoms with E-state index in [0.717, 1.165) is 0 Å². The topological polar surface area (TPSA) is 68.7 Å². The van der Waals surface area contributed by atoms with E-state index >= 15 is 0 Å². The maximum atomic E-state index is 12.6. The number of anilines is 1. The summed E-state index contributed by atoms with van der Waals surface area (Å²) in [5.41, 5.74) is -4.59. The van der Waals surface area contributed by atoms with Crippen LogP contribution in [0.2, 0.25) is 0 Å². The average Bonchev–Trinajstić information content (AvgIpc) is 2.74. The van der Waals surface area contributed by atoms with Gasteiger partial charge in [-0.3, -0.25) is 0 Å². The van der Waals surface area contributed by atoms with Gasteiger partial charge in [0.25, 0.3) is 0 Å². The number of pyridine rings is 1. The Hall–Kier alpha value is -1.55. The highest BCUT2D eigenvalue weighted by atomic mass is 32.2. The fourth-order valence-corrected chi connectivity index (χ4v) is 2.76. The predicted octanol–water partition coefficient (Wildman–Crippen LogP) is 1.76. The standard InChI is InChI=1S/C12H15F3N2O4S/c1-7-9(6-20-3)10(21-22(18,19)12(13,14)15)8-4-5-17(2)11(8)16-7/h4-6H2,1-3H3. The highest BCUT2D eigenvalue weighted by Gasteiger charge is 2.49. The lowest BCUT2D eigenvalue weighted by Gasteiger charge is -2.18. The number of rotatable bonds is 4. The van der Waals surface area contributed by atoms with E-state index in [-0.39, 0.29) is 17.9 Å². The second-order valence-electron chi connectivity index (χ2n) is 4.89. The first kappa shape index (κ1) is 16.8. The van der Waals surface area contributed by atoms with Crippen LogP contribution in [-0.4, -0.2) is 39.6 Å². The van der Waals surface area contributed by atoms with E-state index in [1.807, 2.05) is 0 Å². The van der Waals surface area contributed by atoms with Crippen LogP contribution in [0.15, 0.2) is 0 Å². The van der Waals surface area contributed by atoms with E-state index in [4.69, 9.17) is 4.74 Å². The lowest BCUT2D eigenvalue weighted by molar-refractivity contribution is -0.0500. The number of hydrogen-bond acceptors (Lipinski definition) is 6. The molecule has 0 aromatic carbocycles. The first-order chi connectivity index (χ1) is 10.1. The lowest BCUT2D eigenvalue weighted by Crippen LogP contribution is -2.29. The fraction of sp³-hybridized carbons (Fsp3) is 0.583. The molecule has 1 aliphatic heterocycles. The van der Waals surface area contributed by atoms with Crippen LogP contribution in [-0.2, 0) is 27.9 Å². The highest BCUT2D eigenvalue weighted by Crippen LogP contribution is 2.39. The molecule has 0 aliphatic carbocycles. The number of ether oxygens (including phenoxy) is 1. The maximum Gasteiger partial charge on any atom is 0.534 e. The predicted molar refractivity (Wildman–Crippen MR) is 72.3 cm³/mol. The van der Waals surface area contributed by atoms with Gasteiger partial charge in [0.15, 0.2) is 5.75 Å². The monoisotopic (exact) mass is 340 g/mol. The summed E-state index contributed by atoms with van der Waals surface area (Å²) in [5.74, 6) is 0.0933. The van der Waals surface area contributed by atoms with Crippen molar-refractivity contribution in [3.05, 3.63) is 16.8 Å². The molecule has 6 nitrogen and oxygen atoms in total. The molecule has 1 aromatic heterocycles. The number of hydrogen-bond donors (Lipinski definition) is 0. The number of nitrogens with zero attached hydrogens (tertiary/aromatic N) is 2. The third kappa shape index (κ3) is 2.84. The van der Waals surface area contributed by atoms with E-state index in [1.54, 1.807) is 18.9 Å². The number of fused-ring (bicyclic) bond motifs is 1.